The molecule has 1 saturated carbocycles. The van der Waals surface area contributed by atoms with Crippen LogP contribution in [0, 0.1) is 0 Å². The van der Waals surface area contributed by atoms with Crippen molar-refractivity contribution in [3.05, 3.63) is 41.7 Å². The Hall–Kier alpha value is -2.44. The van der Waals surface area contributed by atoms with E-state index in [1.165, 1.54) is 0 Å². The van der Waals surface area contributed by atoms with Gasteiger partial charge in [0, 0.05) is 47.9 Å². The largest absolute Gasteiger partial charge is 0.496 e. The van der Waals surface area contributed by atoms with Gasteiger partial charge in [0.05, 0.1) is 24.9 Å². The first-order valence-electron chi connectivity index (χ1n) is 9.50. The number of pyridine rings is 1. The fourth-order valence-electron chi connectivity index (χ4n) is 3.76. The minimum absolute atomic E-state index is 0.349. The Morgan fingerprint density at radius 1 is 1.11 bits per heavy atom. The van der Waals surface area contributed by atoms with E-state index in [1.807, 2.05) is 22.9 Å². The zero-order valence-electron chi connectivity index (χ0n) is 16.1. The number of nitrogens with one attached hydrogen (secondary N) is 1. The first-order valence-corrected chi connectivity index (χ1v) is 9.88. The van der Waals surface area contributed by atoms with Gasteiger partial charge in [-0.2, -0.15) is 0 Å². The van der Waals surface area contributed by atoms with E-state index in [4.69, 9.17) is 31.8 Å². The Bertz CT molecular complexity index is 980. The summed E-state index contributed by atoms with van der Waals surface area (Å²) in [6.07, 6.45) is 8.35. The lowest BCUT2D eigenvalue weighted by atomic mass is 9.92. The molecule has 3 N–H and O–H groups in total. The van der Waals surface area contributed by atoms with Crippen LogP contribution in [0.15, 0.2) is 36.7 Å². The van der Waals surface area contributed by atoms with Gasteiger partial charge in [-0.15, -0.1) is 0 Å². The standard InChI is InChI=1S/C21H25ClN4O2/c1-27-19-11-20(28-2)17(22)10-16(19)18-12-26-8-7-15(9-21(26)25-18)24-14-5-3-13(23)4-6-14/h7-14,24H,3-6,23H2,1-2H3/t13-,14+. The van der Waals surface area contributed by atoms with E-state index < -0.39 is 0 Å². The average Bonchev–Trinajstić information content (AvgIpc) is 3.12. The zero-order valence-corrected chi connectivity index (χ0v) is 16.9. The molecule has 0 radical (unpaired) electrons. The molecule has 1 aliphatic carbocycles. The highest BCUT2D eigenvalue weighted by atomic mass is 35.5. The first kappa shape index (κ1) is 18.9. The van der Waals surface area contributed by atoms with Crippen LogP contribution >= 0.6 is 11.6 Å². The van der Waals surface area contributed by atoms with Gasteiger partial charge >= 0.3 is 0 Å². The number of aromatic nitrogens is 2. The van der Waals surface area contributed by atoms with E-state index in [1.54, 1.807) is 20.3 Å². The number of halogens is 1. The summed E-state index contributed by atoms with van der Waals surface area (Å²) < 4.78 is 12.8. The number of fused-ring (bicyclic) bond motifs is 1. The summed E-state index contributed by atoms with van der Waals surface area (Å²) in [6, 6.07) is 8.56. The Labute approximate surface area is 169 Å². The van der Waals surface area contributed by atoms with Gasteiger partial charge in [0.15, 0.2) is 0 Å². The smallest absolute Gasteiger partial charge is 0.141 e. The minimum atomic E-state index is 0.349. The van der Waals surface area contributed by atoms with Crippen LogP contribution in [0.2, 0.25) is 5.02 Å². The molecule has 4 rings (SSSR count). The molecule has 2 aromatic heterocycles. The van der Waals surface area contributed by atoms with Crippen LogP contribution in [0.25, 0.3) is 16.9 Å². The van der Waals surface area contributed by atoms with Gasteiger partial charge in [-0.25, -0.2) is 4.98 Å². The molecular weight excluding hydrogens is 376 g/mol. The third-order valence-electron chi connectivity index (χ3n) is 5.35. The van der Waals surface area contributed by atoms with Crippen molar-refractivity contribution in [3.8, 4) is 22.8 Å². The molecule has 6 nitrogen and oxygen atoms in total. The number of benzene rings is 1. The molecule has 0 atom stereocenters. The van der Waals surface area contributed by atoms with Crippen LogP contribution in [-0.4, -0.2) is 35.7 Å². The molecule has 0 amide bonds. The van der Waals surface area contributed by atoms with Gasteiger partial charge in [-0.3, -0.25) is 0 Å². The molecule has 3 aromatic rings. The number of ether oxygens (including phenoxy) is 2. The first-order chi connectivity index (χ1) is 13.6. The highest BCUT2D eigenvalue weighted by molar-refractivity contribution is 6.32. The number of anilines is 1. The summed E-state index contributed by atoms with van der Waals surface area (Å²) in [7, 11) is 3.21. The zero-order chi connectivity index (χ0) is 19.7. The van der Waals surface area contributed by atoms with Crippen LogP contribution in [0.5, 0.6) is 11.5 Å². The van der Waals surface area contributed by atoms with Crippen LogP contribution in [-0.2, 0) is 0 Å². The normalized spacial score (nSPS) is 19.6. The molecule has 1 fully saturated rings. The molecule has 148 valence electrons. The molecule has 0 aliphatic heterocycles. The number of hydrogen-bond donors (Lipinski definition) is 2. The number of methoxy groups -OCH3 is 2. The van der Waals surface area contributed by atoms with Crippen molar-refractivity contribution in [2.45, 2.75) is 37.8 Å². The molecule has 28 heavy (non-hydrogen) atoms. The van der Waals surface area contributed by atoms with E-state index in [0.717, 1.165) is 48.3 Å². The summed E-state index contributed by atoms with van der Waals surface area (Å²) in [6.45, 7) is 0. The monoisotopic (exact) mass is 400 g/mol. The summed E-state index contributed by atoms with van der Waals surface area (Å²) in [4.78, 5) is 4.78. The maximum atomic E-state index is 6.32. The predicted molar refractivity (Wildman–Crippen MR) is 113 cm³/mol. The third-order valence-corrected chi connectivity index (χ3v) is 5.65. The second kappa shape index (κ2) is 7.89. The van der Waals surface area contributed by atoms with Crippen molar-refractivity contribution in [2.24, 2.45) is 5.73 Å². The number of hydrogen-bond acceptors (Lipinski definition) is 5. The Balaban J connectivity index is 1.62. The van der Waals surface area contributed by atoms with Gasteiger partial charge in [-0.05, 0) is 37.8 Å². The maximum Gasteiger partial charge on any atom is 0.141 e. The van der Waals surface area contributed by atoms with Crippen molar-refractivity contribution < 1.29 is 9.47 Å². The van der Waals surface area contributed by atoms with Gasteiger partial charge in [0.2, 0.25) is 0 Å². The van der Waals surface area contributed by atoms with E-state index in [0.29, 0.717) is 28.6 Å². The molecular formula is C21H25ClN4O2. The lowest BCUT2D eigenvalue weighted by Gasteiger charge is -2.27. The van der Waals surface area contributed by atoms with Gasteiger partial charge in [0.1, 0.15) is 17.1 Å². The van der Waals surface area contributed by atoms with Crippen LogP contribution in [0.1, 0.15) is 25.7 Å². The molecule has 7 heteroatoms. The van der Waals surface area contributed by atoms with Crippen molar-refractivity contribution >= 4 is 22.9 Å². The third kappa shape index (κ3) is 3.75. The summed E-state index contributed by atoms with van der Waals surface area (Å²) in [5.41, 5.74) is 9.56. The summed E-state index contributed by atoms with van der Waals surface area (Å²) >= 11 is 6.32. The lowest BCUT2D eigenvalue weighted by molar-refractivity contribution is 0.395. The second-order valence-corrected chi connectivity index (χ2v) is 7.66. The molecule has 2 heterocycles. The second-order valence-electron chi connectivity index (χ2n) is 7.25. The Kier molecular flexibility index (Phi) is 5.33. The van der Waals surface area contributed by atoms with Crippen molar-refractivity contribution in [2.75, 3.05) is 19.5 Å². The molecule has 1 aromatic carbocycles. The Morgan fingerprint density at radius 2 is 1.86 bits per heavy atom. The van der Waals surface area contributed by atoms with Crippen molar-refractivity contribution in [3.63, 3.8) is 0 Å². The molecule has 0 unspecified atom stereocenters. The highest BCUT2D eigenvalue weighted by Crippen LogP contribution is 2.38. The van der Waals surface area contributed by atoms with Crippen LogP contribution < -0.4 is 20.5 Å². The molecule has 0 saturated heterocycles. The summed E-state index contributed by atoms with van der Waals surface area (Å²) in [5, 5.41) is 4.14. The highest BCUT2D eigenvalue weighted by Gasteiger charge is 2.19. The SMILES string of the molecule is COc1cc(OC)c(-c2cn3ccc(N[C@H]4CC[C@@H](N)CC4)cc3n2)cc1Cl. The van der Waals surface area contributed by atoms with E-state index in [-0.39, 0.29) is 0 Å². The average molecular weight is 401 g/mol. The minimum Gasteiger partial charge on any atom is -0.496 e. The molecule has 0 bridgehead atoms. The number of imidazole rings is 1. The van der Waals surface area contributed by atoms with E-state index in [2.05, 4.69) is 17.4 Å². The number of nitrogens with two attached hydrogens (primary N) is 1. The fourth-order valence-corrected chi connectivity index (χ4v) is 4.00. The number of rotatable bonds is 5. The van der Waals surface area contributed by atoms with Gasteiger partial charge < -0.3 is 24.9 Å². The quantitative estimate of drug-likeness (QED) is 0.665. The maximum absolute atomic E-state index is 6.32. The lowest BCUT2D eigenvalue weighted by Crippen LogP contribution is -2.32. The predicted octanol–water partition coefficient (Wildman–Crippen LogP) is 4.35. The van der Waals surface area contributed by atoms with Crippen LogP contribution in [0.4, 0.5) is 5.69 Å². The van der Waals surface area contributed by atoms with E-state index >= 15 is 0 Å². The van der Waals surface area contributed by atoms with Crippen molar-refractivity contribution in [1.29, 1.82) is 0 Å². The fraction of sp³-hybridized carbons (Fsp3) is 0.381. The van der Waals surface area contributed by atoms with Gasteiger partial charge in [0.25, 0.3) is 0 Å². The topological polar surface area (TPSA) is 73.8 Å². The van der Waals surface area contributed by atoms with Gasteiger partial charge in [-0.1, -0.05) is 11.6 Å². The summed E-state index contributed by atoms with van der Waals surface area (Å²) in [5.74, 6) is 1.24. The Morgan fingerprint density at radius 3 is 2.57 bits per heavy atom. The van der Waals surface area contributed by atoms with Crippen LogP contribution in [0.3, 0.4) is 0 Å². The molecule has 1 aliphatic rings. The van der Waals surface area contributed by atoms with E-state index in [9.17, 15) is 0 Å². The number of nitrogens with zero attached hydrogens (tertiary/aromatic N) is 2. The molecule has 0 spiro atoms. The van der Waals surface area contributed by atoms with Crippen molar-refractivity contribution in [1.82, 2.24) is 9.38 Å².